The Kier molecular flexibility index (Phi) is 3.48. The molecule has 100 valence electrons. The highest BCUT2D eigenvalue weighted by Gasteiger charge is 2.43. The van der Waals surface area contributed by atoms with Gasteiger partial charge in [-0.15, -0.1) is 0 Å². The first-order valence-corrected chi connectivity index (χ1v) is 6.44. The van der Waals surface area contributed by atoms with Crippen LogP contribution in [0, 0.1) is 11.3 Å². The summed E-state index contributed by atoms with van der Waals surface area (Å²) >= 11 is 5.07. The molecule has 2 N–H and O–H groups in total. The Hall–Kier alpha value is -1.64. The van der Waals surface area contributed by atoms with Gasteiger partial charge in [0.1, 0.15) is 17.5 Å². The molecule has 0 bridgehead atoms. The Labute approximate surface area is 118 Å². The van der Waals surface area contributed by atoms with E-state index in [2.05, 4.69) is 11.4 Å². The topological polar surface area (TPSA) is 65.3 Å². The van der Waals surface area contributed by atoms with Gasteiger partial charge in [-0.2, -0.15) is 5.26 Å². The van der Waals surface area contributed by atoms with Crippen molar-refractivity contribution in [1.29, 1.82) is 5.26 Å². The number of rotatable bonds is 1. The largest absolute Gasteiger partial charge is 0.485 e. The van der Waals surface area contributed by atoms with E-state index in [4.69, 9.17) is 22.2 Å². The Morgan fingerprint density at radius 3 is 2.79 bits per heavy atom. The molecule has 4 nitrogen and oxygen atoms in total. The van der Waals surface area contributed by atoms with Crippen LogP contribution in [0.2, 0.25) is 0 Å². The summed E-state index contributed by atoms with van der Waals surface area (Å²) in [6, 6.07) is 6.90. The second kappa shape index (κ2) is 4.80. The fourth-order valence-electron chi connectivity index (χ4n) is 2.24. The van der Waals surface area contributed by atoms with Crippen LogP contribution in [0.4, 0.5) is 0 Å². The van der Waals surface area contributed by atoms with E-state index in [1.165, 1.54) is 0 Å². The van der Waals surface area contributed by atoms with Gasteiger partial charge >= 0.3 is 0 Å². The number of aliphatic hydroxyl groups excluding tert-OH is 1. The fourth-order valence-corrected chi connectivity index (χ4v) is 2.37. The van der Waals surface area contributed by atoms with Gasteiger partial charge in [0.15, 0.2) is 0 Å². The van der Waals surface area contributed by atoms with Gasteiger partial charge in [0.25, 0.3) is 0 Å². The standard InChI is InChI=1S/C14H16N2O2S/c1-8(19)16-12-10-6-9(7-15)4-5-11(10)18-14(2,3)13(12)17/h4-6,12-13,17H,1-3H3,(H,16,19). The number of fused-ring (bicyclic) bond motifs is 1. The number of benzene rings is 1. The monoisotopic (exact) mass is 276 g/mol. The van der Waals surface area contributed by atoms with Crippen LogP contribution in [0.5, 0.6) is 5.75 Å². The van der Waals surface area contributed by atoms with Crippen molar-refractivity contribution in [3.63, 3.8) is 0 Å². The van der Waals surface area contributed by atoms with Gasteiger partial charge in [-0.25, -0.2) is 0 Å². The highest BCUT2D eigenvalue weighted by Crippen LogP contribution is 2.40. The molecule has 1 aliphatic heterocycles. The van der Waals surface area contributed by atoms with Crippen molar-refractivity contribution in [2.45, 2.75) is 38.5 Å². The summed E-state index contributed by atoms with van der Waals surface area (Å²) in [5.41, 5.74) is 0.571. The second-order valence-corrected chi connectivity index (χ2v) is 5.81. The molecule has 19 heavy (non-hydrogen) atoms. The summed E-state index contributed by atoms with van der Waals surface area (Å²) < 4.78 is 5.80. The van der Waals surface area contributed by atoms with Gasteiger partial charge in [0.05, 0.1) is 22.7 Å². The molecule has 0 spiro atoms. The first kappa shape index (κ1) is 13.8. The Bertz CT molecular complexity index is 563. The molecule has 0 amide bonds. The summed E-state index contributed by atoms with van der Waals surface area (Å²) in [4.78, 5) is 0.593. The number of nitriles is 1. The lowest BCUT2D eigenvalue weighted by molar-refractivity contribution is -0.0609. The summed E-state index contributed by atoms with van der Waals surface area (Å²) in [5.74, 6) is 0.669. The first-order valence-electron chi connectivity index (χ1n) is 6.03. The van der Waals surface area contributed by atoms with Crippen LogP contribution in [0.1, 0.15) is 37.9 Å². The molecule has 0 aromatic heterocycles. The minimum Gasteiger partial charge on any atom is -0.485 e. The molecule has 0 saturated carbocycles. The molecule has 1 aromatic rings. The van der Waals surface area contributed by atoms with Crippen LogP contribution in [0.15, 0.2) is 18.2 Å². The lowest BCUT2D eigenvalue weighted by Gasteiger charge is -2.42. The highest BCUT2D eigenvalue weighted by atomic mass is 32.1. The SMILES string of the molecule is CC(=S)NC1c2cc(C#N)ccc2OC(C)(C)C1O. The number of ether oxygens (including phenoxy) is 1. The van der Waals surface area contributed by atoms with Crippen molar-refractivity contribution in [2.75, 3.05) is 0 Å². The second-order valence-electron chi connectivity index (χ2n) is 5.19. The summed E-state index contributed by atoms with van der Waals surface area (Å²) in [7, 11) is 0. The number of nitrogens with zero attached hydrogens (tertiary/aromatic N) is 1. The third-order valence-corrected chi connectivity index (χ3v) is 3.35. The summed E-state index contributed by atoms with van der Waals surface area (Å²) in [6.07, 6.45) is -0.758. The highest BCUT2D eigenvalue weighted by molar-refractivity contribution is 7.80. The van der Waals surface area contributed by atoms with Crippen LogP contribution < -0.4 is 10.1 Å². The van der Waals surface area contributed by atoms with E-state index in [0.29, 0.717) is 16.3 Å². The molecular weight excluding hydrogens is 260 g/mol. The van der Waals surface area contributed by atoms with Crippen molar-refractivity contribution in [2.24, 2.45) is 0 Å². The van der Waals surface area contributed by atoms with E-state index >= 15 is 0 Å². The number of thiocarbonyl (C=S) groups is 1. The minimum absolute atomic E-state index is 0.371. The van der Waals surface area contributed by atoms with Crippen molar-refractivity contribution >= 4 is 17.2 Å². The maximum absolute atomic E-state index is 10.4. The van der Waals surface area contributed by atoms with Crippen LogP contribution >= 0.6 is 12.2 Å². The Morgan fingerprint density at radius 1 is 1.53 bits per heavy atom. The average Bonchev–Trinajstić information content (AvgIpc) is 2.34. The molecular formula is C14H16N2O2S. The van der Waals surface area contributed by atoms with Crippen molar-refractivity contribution in [3.05, 3.63) is 29.3 Å². The predicted octanol–water partition coefficient (Wildman–Crippen LogP) is 2.07. The van der Waals surface area contributed by atoms with Gasteiger partial charge in [-0.05, 0) is 39.0 Å². The minimum atomic E-state index is -0.758. The molecule has 1 aliphatic rings. The smallest absolute Gasteiger partial charge is 0.132 e. The molecule has 2 unspecified atom stereocenters. The van der Waals surface area contributed by atoms with Gasteiger partial charge in [0.2, 0.25) is 0 Å². The zero-order chi connectivity index (χ0) is 14.2. The normalized spacial score (nSPS) is 23.7. The number of nitrogens with one attached hydrogen (secondary N) is 1. The average molecular weight is 276 g/mol. The van der Waals surface area contributed by atoms with E-state index in [9.17, 15) is 5.11 Å². The molecule has 1 heterocycles. The fraction of sp³-hybridized carbons (Fsp3) is 0.429. The molecule has 0 fully saturated rings. The van der Waals surface area contributed by atoms with Crippen molar-refractivity contribution in [3.8, 4) is 11.8 Å². The first-order chi connectivity index (χ1) is 8.85. The van der Waals surface area contributed by atoms with Gasteiger partial charge in [-0.1, -0.05) is 12.2 Å². The molecule has 0 saturated heterocycles. The number of hydrogen-bond acceptors (Lipinski definition) is 4. The lowest BCUT2D eigenvalue weighted by atomic mass is 9.86. The molecule has 2 rings (SSSR count). The Balaban J connectivity index is 2.52. The maximum atomic E-state index is 10.4. The summed E-state index contributed by atoms with van der Waals surface area (Å²) in [6.45, 7) is 5.41. The van der Waals surface area contributed by atoms with Crippen molar-refractivity contribution < 1.29 is 9.84 Å². The molecule has 5 heteroatoms. The van der Waals surface area contributed by atoms with Crippen LogP contribution in [-0.2, 0) is 0 Å². The molecule has 2 atom stereocenters. The van der Waals surface area contributed by atoms with Gasteiger partial charge < -0.3 is 15.2 Å². The Morgan fingerprint density at radius 2 is 2.21 bits per heavy atom. The van der Waals surface area contributed by atoms with E-state index in [1.54, 1.807) is 25.1 Å². The van der Waals surface area contributed by atoms with Gasteiger partial charge in [0, 0.05) is 5.56 Å². The third-order valence-electron chi connectivity index (χ3n) is 3.23. The summed E-state index contributed by atoms with van der Waals surface area (Å²) in [5, 5.41) is 22.5. The number of hydrogen-bond donors (Lipinski definition) is 2. The number of aliphatic hydroxyl groups is 1. The van der Waals surface area contributed by atoms with E-state index in [0.717, 1.165) is 5.56 Å². The van der Waals surface area contributed by atoms with E-state index in [1.807, 2.05) is 13.8 Å². The van der Waals surface area contributed by atoms with Crippen LogP contribution in [0.3, 0.4) is 0 Å². The van der Waals surface area contributed by atoms with Crippen molar-refractivity contribution in [1.82, 2.24) is 5.32 Å². The maximum Gasteiger partial charge on any atom is 0.132 e. The quantitative estimate of drug-likeness (QED) is 0.769. The van der Waals surface area contributed by atoms with E-state index < -0.39 is 11.7 Å². The zero-order valence-corrected chi connectivity index (χ0v) is 11.9. The van der Waals surface area contributed by atoms with E-state index in [-0.39, 0.29) is 6.04 Å². The third kappa shape index (κ3) is 2.55. The predicted molar refractivity (Wildman–Crippen MR) is 76.0 cm³/mol. The molecule has 1 aromatic carbocycles. The molecule has 0 radical (unpaired) electrons. The van der Waals surface area contributed by atoms with Gasteiger partial charge in [-0.3, -0.25) is 0 Å². The van der Waals surface area contributed by atoms with Crippen LogP contribution in [0.25, 0.3) is 0 Å². The zero-order valence-electron chi connectivity index (χ0n) is 11.1. The molecule has 0 aliphatic carbocycles. The lowest BCUT2D eigenvalue weighted by Crippen LogP contribution is -2.53. The van der Waals surface area contributed by atoms with Crippen LogP contribution in [-0.4, -0.2) is 21.8 Å².